The number of benzene rings is 1. The average molecular weight is 394 g/mol. The van der Waals surface area contributed by atoms with Crippen molar-refractivity contribution in [1.29, 1.82) is 0 Å². The summed E-state index contributed by atoms with van der Waals surface area (Å²) in [6.07, 6.45) is 2.34. The number of hydrogen-bond acceptors (Lipinski definition) is 2. The van der Waals surface area contributed by atoms with Crippen LogP contribution in [0.5, 0.6) is 0 Å². The molecule has 108 valence electrons. The SMILES string of the molecule is CC1(C)[C@@H]2CC[C@@]1(I)c1nnc(-c3ccccc3F)cc12. The van der Waals surface area contributed by atoms with Crippen LogP contribution in [0.1, 0.15) is 43.9 Å². The van der Waals surface area contributed by atoms with E-state index in [-0.39, 0.29) is 14.7 Å². The van der Waals surface area contributed by atoms with Gasteiger partial charge in [-0.05, 0) is 47.9 Å². The second-order valence-corrected chi connectivity index (χ2v) is 8.47. The maximum Gasteiger partial charge on any atom is 0.132 e. The fourth-order valence-electron chi connectivity index (χ4n) is 4.05. The zero-order chi connectivity index (χ0) is 14.8. The molecule has 2 aliphatic rings. The predicted octanol–water partition coefficient (Wildman–Crippen LogP) is 4.83. The molecule has 2 aromatic rings. The van der Waals surface area contributed by atoms with Crippen LogP contribution >= 0.6 is 22.6 Å². The highest BCUT2D eigenvalue weighted by Crippen LogP contribution is 2.70. The normalized spacial score (nSPS) is 28.7. The Morgan fingerprint density at radius 2 is 2.00 bits per heavy atom. The van der Waals surface area contributed by atoms with Crippen LogP contribution < -0.4 is 0 Å². The van der Waals surface area contributed by atoms with Gasteiger partial charge in [-0.15, -0.1) is 0 Å². The van der Waals surface area contributed by atoms with Crippen molar-refractivity contribution in [3.63, 3.8) is 0 Å². The zero-order valence-electron chi connectivity index (χ0n) is 12.0. The third-order valence-electron chi connectivity index (χ3n) is 5.39. The van der Waals surface area contributed by atoms with Crippen molar-refractivity contribution in [2.45, 2.75) is 36.0 Å². The summed E-state index contributed by atoms with van der Waals surface area (Å²) >= 11 is 2.56. The molecule has 4 rings (SSSR count). The monoisotopic (exact) mass is 394 g/mol. The minimum atomic E-state index is -0.238. The molecule has 2 nitrogen and oxygen atoms in total. The lowest BCUT2D eigenvalue weighted by molar-refractivity contribution is 0.309. The molecule has 2 aliphatic carbocycles. The Hall–Kier alpha value is -1.04. The summed E-state index contributed by atoms with van der Waals surface area (Å²) in [5.74, 6) is 0.267. The molecule has 0 saturated heterocycles. The Labute approximate surface area is 137 Å². The molecular weight excluding hydrogens is 378 g/mol. The summed E-state index contributed by atoms with van der Waals surface area (Å²) in [7, 11) is 0. The van der Waals surface area contributed by atoms with Crippen molar-refractivity contribution in [1.82, 2.24) is 10.2 Å². The molecule has 0 unspecified atom stereocenters. The lowest BCUT2D eigenvalue weighted by atomic mass is 9.80. The first-order valence-corrected chi connectivity index (χ1v) is 8.35. The molecule has 4 heteroatoms. The summed E-state index contributed by atoms with van der Waals surface area (Å²) in [5.41, 5.74) is 3.77. The minimum absolute atomic E-state index is 0.0749. The van der Waals surface area contributed by atoms with Crippen molar-refractivity contribution in [2.24, 2.45) is 5.41 Å². The van der Waals surface area contributed by atoms with Crippen LogP contribution in [0.3, 0.4) is 0 Å². The second kappa shape index (κ2) is 4.24. The highest BCUT2D eigenvalue weighted by atomic mass is 127. The lowest BCUT2D eigenvalue weighted by Crippen LogP contribution is -2.28. The summed E-state index contributed by atoms with van der Waals surface area (Å²) in [4.78, 5) is 0. The molecule has 21 heavy (non-hydrogen) atoms. The fourth-order valence-corrected chi connectivity index (χ4v) is 5.16. The molecule has 1 heterocycles. The molecule has 2 atom stereocenters. The van der Waals surface area contributed by atoms with Gasteiger partial charge in [-0.25, -0.2) is 4.39 Å². The van der Waals surface area contributed by atoms with Crippen LogP contribution in [-0.4, -0.2) is 10.2 Å². The van der Waals surface area contributed by atoms with Gasteiger partial charge in [-0.3, -0.25) is 0 Å². The molecule has 1 aromatic heterocycles. The summed E-state index contributed by atoms with van der Waals surface area (Å²) in [5, 5.41) is 8.82. The van der Waals surface area contributed by atoms with Crippen molar-refractivity contribution < 1.29 is 4.39 Å². The topological polar surface area (TPSA) is 25.8 Å². The van der Waals surface area contributed by atoms with Gasteiger partial charge in [0.05, 0.1) is 14.8 Å². The van der Waals surface area contributed by atoms with Crippen molar-refractivity contribution in [3.8, 4) is 11.3 Å². The summed E-state index contributed by atoms with van der Waals surface area (Å²) in [6.45, 7) is 4.64. The smallest absolute Gasteiger partial charge is 0.132 e. The number of nitrogens with zero attached hydrogens (tertiary/aromatic N) is 2. The van der Waals surface area contributed by atoms with E-state index in [0.29, 0.717) is 17.2 Å². The van der Waals surface area contributed by atoms with Gasteiger partial charge >= 0.3 is 0 Å². The molecule has 0 N–H and O–H groups in total. The number of alkyl halides is 1. The number of halogens is 2. The molecule has 1 aromatic carbocycles. The van der Waals surface area contributed by atoms with E-state index in [2.05, 4.69) is 52.7 Å². The molecule has 0 amide bonds. The van der Waals surface area contributed by atoms with Crippen LogP contribution in [0, 0.1) is 11.2 Å². The van der Waals surface area contributed by atoms with Gasteiger partial charge < -0.3 is 0 Å². The van der Waals surface area contributed by atoms with E-state index in [0.717, 1.165) is 12.1 Å². The van der Waals surface area contributed by atoms with E-state index < -0.39 is 0 Å². The van der Waals surface area contributed by atoms with E-state index in [9.17, 15) is 4.39 Å². The van der Waals surface area contributed by atoms with E-state index in [1.54, 1.807) is 12.1 Å². The van der Waals surface area contributed by atoms with Crippen LogP contribution in [0.2, 0.25) is 0 Å². The van der Waals surface area contributed by atoms with E-state index in [1.807, 2.05) is 6.07 Å². The Kier molecular flexibility index (Phi) is 2.75. The highest BCUT2D eigenvalue weighted by Gasteiger charge is 2.62. The van der Waals surface area contributed by atoms with E-state index in [1.165, 1.54) is 18.1 Å². The molecule has 2 bridgehead atoms. The van der Waals surface area contributed by atoms with E-state index in [4.69, 9.17) is 0 Å². The maximum absolute atomic E-state index is 14.0. The van der Waals surface area contributed by atoms with Gasteiger partial charge in [-0.2, -0.15) is 10.2 Å². The van der Waals surface area contributed by atoms with Gasteiger partial charge in [-0.1, -0.05) is 48.6 Å². The third-order valence-corrected chi connectivity index (χ3v) is 7.83. The van der Waals surface area contributed by atoms with Crippen LogP contribution in [0.25, 0.3) is 11.3 Å². The van der Waals surface area contributed by atoms with Crippen LogP contribution in [0.15, 0.2) is 30.3 Å². The maximum atomic E-state index is 14.0. The number of rotatable bonds is 1. The molecule has 0 spiro atoms. The molecule has 0 radical (unpaired) electrons. The standard InChI is InChI=1S/C17H16FIN2/c1-16(2)12-7-8-17(16,19)15-11(12)9-14(20-21-15)10-5-3-4-6-13(10)18/h3-6,9,12H,7-8H2,1-2H3/t12-,17-/m1/s1. The van der Waals surface area contributed by atoms with Crippen molar-refractivity contribution in [2.75, 3.05) is 0 Å². The first-order valence-electron chi connectivity index (χ1n) is 7.27. The quantitative estimate of drug-likeness (QED) is 0.512. The van der Waals surface area contributed by atoms with Crippen LogP contribution in [0.4, 0.5) is 4.39 Å². The summed E-state index contributed by atoms with van der Waals surface area (Å²) in [6, 6.07) is 8.84. The van der Waals surface area contributed by atoms with Gasteiger partial charge in [0.1, 0.15) is 5.82 Å². The largest absolute Gasteiger partial charge is 0.206 e. The first-order chi connectivity index (χ1) is 9.95. The zero-order valence-corrected chi connectivity index (χ0v) is 14.2. The predicted molar refractivity (Wildman–Crippen MR) is 88.9 cm³/mol. The van der Waals surface area contributed by atoms with E-state index >= 15 is 0 Å². The molecular formula is C17H16FIN2. The van der Waals surface area contributed by atoms with Crippen molar-refractivity contribution >= 4 is 22.6 Å². The van der Waals surface area contributed by atoms with Crippen LogP contribution in [-0.2, 0) is 3.42 Å². The average Bonchev–Trinajstić information content (AvgIpc) is 2.79. The van der Waals surface area contributed by atoms with Crippen molar-refractivity contribution in [3.05, 3.63) is 47.4 Å². The Morgan fingerprint density at radius 3 is 2.76 bits per heavy atom. The Balaban J connectivity index is 1.89. The van der Waals surface area contributed by atoms with Gasteiger partial charge in [0.25, 0.3) is 0 Å². The second-order valence-electron chi connectivity index (χ2n) is 6.63. The summed E-state index contributed by atoms with van der Waals surface area (Å²) < 4.78 is 14.0. The number of aromatic nitrogens is 2. The van der Waals surface area contributed by atoms with Gasteiger partial charge in [0.2, 0.25) is 0 Å². The third kappa shape index (κ3) is 1.62. The fraction of sp³-hybridized carbons (Fsp3) is 0.412. The van der Waals surface area contributed by atoms with Gasteiger partial charge in [0.15, 0.2) is 0 Å². The highest BCUT2D eigenvalue weighted by molar-refractivity contribution is 14.1. The van der Waals surface area contributed by atoms with Gasteiger partial charge in [0, 0.05) is 5.56 Å². The molecule has 1 saturated carbocycles. The number of fused-ring (bicyclic) bond motifs is 5. The minimum Gasteiger partial charge on any atom is -0.206 e. The first kappa shape index (κ1) is 13.6. The Morgan fingerprint density at radius 1 is 1.24 bits per heavy atom. The number of hydrogen-bond donors (Lipinski definition) is 0. The Bertz CT molecular complexity index is 743. The molecule has 0 aliphatic heterocycles. The molecule has 1 fully saturated rings. The lowest BCUT2D eigenvalue weighted by Gasteiger charge is -2.31.